The molecule has 0 saturated carbocycles. The predicted octanol–water partition coefficient (Wildman–Crippen LogP) is -3.06. The van der Waals surface area contributed by atoms with Gasteiger partial charge < -0.3 is 20.9 Å². The summed E-state index contributed by atoms with van der Waals surface area (Å²) in [5, 5.41) is 18.4. The van der Waals surface area contributed by atoms with E-state index in [0.717, 1.165) is 6.20 Å². The van der Waals surface area contributed by atoms with Crippen LogP contribution in [0.15, 0.2) is 15.8 Å². The number of carbonyl (C=O) groups is 1. The van der Waals surface area contributed by atoms with Crippen molar-refractivity contribution in [2.45, 2.75) is 12.2 Å². The second kappa shape index (κ2) is 4.07. The summed E-state index contributed by atoms with van der Waals surface area (Å²) >= 11 is 0. The van der Waals surface area contributed by atoms with E-state index in [2.05, 4.69) is 4.98 Å². The number of rotatable bonds is 3. The Morgan fingerprint density at radius 2 is 2.00 bits per heavy atom. The molecule has 2 unspecified atom stereocenters. The summed E-state index contributed by atoms with van der Waals surface area (Å²) in [4.78, 5) is 36.2. The number of aliphatic hydroxyl groups is 2. The molecule has 0 fully saturated rings. The van der Waals surface area contributed by atoms with Crippen LogP contribution in [0.1, 0.15) is 11.7 Å². The molecule has 0 bridgehead atoms. The van der Waals surface area contributed by atoms with Crippen molar-refractivity contribution >= 4 is 5.91 Å². The van der Waals surface area contributed by atoms with Crippen molar-refractivity contribution < 1.29 is 15.0 Å². The summed E-state index contributed by atoms with van der Waals surface area (Å²) in [6.07, 6.45) is -2.78. The van der Waals surface area contributed by atoms with E-state index in [0.29, 0.717) is 0 Å². The van der Waals surface area contributed by atoms with Gasteiger partial charge in [-0.25, -0.2) is 4.79 Å². The van der Waals surface area contributed by atoms with Crippen LogP contribution in [0.3, 0.4) is 0 Å². The Bertz CT molecular complexity index is 476. The molecule has 1 heterocycles. The Balaban J connectivity index is 3.12. The number of nitrogens with one attached hydrogen (secondary N) is 2. The zero-order valence-electron chi connectivity index (χ0n) is 7.43. The molecule has 15 heavy (non-hydrogen) atoms. The third-order valence-corrected chi connectivity index (χ3v) is 1.76. The predicted molar refractivity (Wildman–Crippen MR) is 47.8 cm³/mol. The van der Waals surface area contributed by atoms with E-state index in [1.54, 1.807) is 0 Å². The average molecular weight is 215 g/mol. The Labute approximate surface area is 82.4 Å². The molecule has 8 nitrogen and oxygen atoms in total. The van der Waals surface area contributed by atoms with Gasteiger partial charge in [-0.05, 0) is 0 Å². The third-order valence-electron chi connectivity index (χ3n) is 1.76. The molecule has 6 N–H and O–H groups in total. The molecule has 8 heteroatoms. The second-order valence-corrected chi connectivity index (χ2v) is 2.82. The lowest BCUT2D eigenvalue weighted by Crippen LogP contribution is -2.37. The molecule has 0 saturated heterocycles. The molecule has 0 aliphatic carbocycles. The quantitative estimate of drug-likeness (QED) is 0.363. The average Bonchev–Trinajstić information content (AvgIpc) is 2.15. The first kappa shape index (κ1) is 11.1. The molecule has 0 radical (unpaired) electrons. The van der Waals surface area contributed by atoms with E-state index in [9.17, 15) is 19.5 Å². The molecule has 2 atom stereocenters. The lowest BCUT2D eigenvalue weighted by Gasteiger charge is -2.13. The van der Waals surface area contributed by atoms with Crippen molar-refractivity contribution in [1.82, 2.24) is 9.97 Å². The summed E-state index contributed by atoms with van der Waals surface area (Å²) in [5.41, 5.74) is 2.72. The van der Waals surface area contributed by atoms with E-state index in [-0.39, 0.29) is 5.56 Å². The highest BCUT2D eigenvalue weighted by Gasteiger charge is 2.25. The lowest BCUT2D eigenvalue weighted by molar-refractivity contribution is -0.132. The number of amides is 1. The van der Waals surface area contributed by atoms with Crippen LogP contribution in [-0.4, -0.2) is 32.2 Å². The number of H-pyrrole nitrogens is 2. The standard InChI is InChI=1S/C7H9N3O5/c8-5(13)4(12)3(11)2-1-9-7(15)10-6(2)14/h1,3-4,11-12H,(H2,8,13)(H2,9,10,14,15). The van der Waals surface area contributed by atoms with E-state index in [1.165, 1.54) is 0 Å². The summed E-state index contributed by atoms with van der Waals surface area (Å²) in [7, 11) is 0. The first-order chi connectivity index (χ1) is 6.93. The summed E-state index contributed by atoms with van der Waals surface area (Å²) in [6, 6.07) is 0. The van der Waals surface area contributed by atoms with Gasteiger partial charge in [-0.2, -0.15) is 0 Å². The fraction of sp³-hybridized carbons (Fsp3) is 0.286. The monoisotopic (exact) mass is 215 g/mol. The number of hydrogen-bond donors (Lipinski definition) is 5. The largest absolute Gasteiger partial charge is 0.385 e. The summed E-state index contributed by atoms with van der Waals surface area (Å²) in [6.45, 7) is 0. The molecular weight excluding hydrogens is 206 g/mol. The van der Waals surface area contributed by atoms with E-state index < -0.39 is 29.4 Å². The van der Waals surface area contributed by atoms with Crippen LogP contribution >= 0.6 is 0 Å². The second-order valence-electron chi connectivity index (χ2n) is 2.82. The van der Waals surface area contributed by atoms with E-state index >= 15 is 0 Å². The molecule has 1 aromatic heterocycles. The number of nitrogens with two attached hydrogens (primary N) is 1. The van der Waals surface area contributed by atoms with Crippen LogP contribution in [0.5, 0.6) is 0 Å². The maximum Gasteiger partial charge on any atom is 0.325 e. The zero-order valence-corrected chi connectivity index (χ0v) is 7.43. The van der Waals surface area contributed by atoms with Crippen molar-refractivity contribution in [3.8, 4) is 0 Å². The van der Waals surface area contributed by atoms with Gasteiger partial charge >= 0.3 is 5.69 Å². The molecule has 1 rings (SSSR count). The third kappa shape index (κ3) is 2.30. The number of aromatic nitrogens is 2. The minimum Gasteiger partial charge on any atom is -0.385 e. The fourth-order valence-electron chi connectivity index (χ4n) is 0.966. The van der Waals surface area contributed by atoms with Crippen molar-refractivity contribution in [1.29, 1.82) is 0 Å². The zero-order chi connectivity index (χ0) is 11.6. The lowest BCUT2D eigenvalue weighted by atomic mass is 10.1. The van der Waals surface area contributed by atoms with Crippen LogP contribution < -0.4 is 17.0 Å². The topological polar surface area (TPSA) is 149 Å². The number of hydrogen-bond acceptors (Lipinski definition) is 5. The first-order valence-electron chi connectivity index (χ1n) is 3.91. The molecule has 0 aromatic carbocycles. The summed E-state index contributed by atoms with van der Waals surface area (Å²) in [5.74, 6) is -1.17. The van der Waals surface area contributed by atoms with Gasteiger partial charge in [0.05, 0.1) is 5.56 Å². The Kier molecular flexibility index (Phi) is 3.02. The van der Waals surface area contributed by atoms with Crippen LogP contribution in [0.4, 0.5) is 0 Å². The molecule has 0 aliphatic heterocycles. The molecule has 1 amide bonds. The molecule has 82 valence electrons. The van der Waals surface area contributed by atoms with Gasteiger partial charge in [0.25, 0.3) is 5.56 Å². The number of aliphatic hydroxyl groups excluding tert-OH is 2. The Hall–Kier alpha value is -1.93. The van der Waals surface area contributed by atoms with Gasteiger partial charge in [0, 0.05) is 6.20 Å². The van der Waals surface area contributed by atoms with Crippen molar-refractivity contribution in [2.75, 3.05) is 0 Å². The van der Waals surface area contributed by atoms with Gasteiger partial charge in [0.1, 0.15) is 6.10 Å². The number of aromatic amines is 2. The molecular formula is C7H9N3O5. The smallest absolute Gasteiger partial charge is 0.325 e. The van der Waals surface area contributed by atoms with Gasteiger partial charge in [0.2, 0.25) is 5.91 Å². The minimum atomic E-state index is -1.91. The SMILES string of the molecule is NC(=O)C(O)C(O)c1c[nH]c(=O)[nH]c1=O. The highest BCUT2D eigenvalue weighted by molar-refractivity contribution is 5.79. The minimum absolute atomic E-state index is 0.346. The summed E-state index contributed by atoms with van der Waals surface area (Å²) < 4.78 is 0. The van der Waals surface area contributed by atoms with Crippen molar-refractivity contribution in [2.24, 2.45) is 5.73 Å². The fourth-order valence-corrected chi connectivity index (χ4v) is 0.966. The highest BCUT2D eigenvalue weighted by atomic mass is 16.3. The Morgan fingerprint density at radius 1 is 1.40 bits per heavy atom. The van der Waals surface area contributed by atoms with Gasteiger partial charge in [0.15, 0.2) is 6.10 Å². The maximum atomic E-state index is 11.1. The molecule has 0 spiro atoms. The van der Waals surface area contributed by atoms with Crippen LogP contribution in [-0.2, 0) is 4.79 Å². The van der Waals surface area contributed by atoms with Crippen molar-refractivity contribution in [3.05, 3.63) is 32.6 Å². The first-order valence-corrected chi connectivity index (χ1v) is 3.91. The molecule has 0 aliphatic rings. The Morgan fingerprint density at radius 3 is 2.47 bits per heavy atom. The maximum absolute atomic E-state index is 11.1. The van der Waals surface area contributed by atoms with Crippen LogP contribution in [0, 0.1) is 0 Å². The van der Waals surface area contributed by atoms with Gasteiger partial charge in [-0.15, -0.1) is 0 Å². The van der Waals surface area contributed by atoms with E-state index in [1.807, 2.05) is 4.98 Å². The van der Waals surface area contributed by atoms with Crippen molar-refractivity contribution in [3.63, 3.8) is 0 Å². The van der Waals surface area contributed by atoms with Gasteiger partial charge in [-0.3, -0.25) is 14.6 Å². The van der Waals surface area contributed by atoms with E-state index in [4.69, 9.17) is 10.8 Å². The normalized spacial score (nSPS) is 14.5. The number of carbonyl (C=O) groups excluding carboxylic acids is 1. The van der Waals surface area contributed by atoms with Crippen LogP contribution in [0.2, 0.25) is 0 Å². The number of primary amides is 1. The van der Waals surface area contributed by atoms with Crippen LogP contribution in [0.25, 0.3) is 0 Å². The molecule has 1 aromatic rings. The van der Waals surface area contributed by atoms with Gasteiger partial charge in [-0.1, -0.05) is 0 Å². The highest BCUT2D eigenvalue weighted by Crippen LogP contribution is 2.10.